The first-order valence-electron chi connectivity index (χ1n) is 8.97. The number of nitrogens with two attached hydrogens (primary N) is 1. The lowest BCUT2D eigenvalue weighted by Crippen LogP contribution is -2.37. The first-order chi connectivity index (χ1) is 13.3. The van der Waals surface area contributed by atoms with Crippen molar-refractivity contribution in [2.45, 2.75) is 51.5 Å². The molecule has 4 N–H and O–H groups in total. The second-order valence-electron chi connectivity index (χ2n) is 7.00. The van der Waals surface area contributed by atoms with Crippen molar-refractivity contribution >= 4 is 22.7 Å². The molecule has 1 saturated carbocycles. The van der Waals surface area contributed by atoms with Crippen LogP contribution in [0.3, 0.4) is 0 Å². The van der Waals surface area contributed by atoms with E-state index in [0.717, 1.165) is 0 Å². The van der Waals surface area contributed by atoms with Crippen LogP contribution < -0.4 is 11.1 Å². The van der Waals surface area contributed by atoms with Crippen LogP contribution in [0.4, 0.5) is 13.2 Å². The van der Waals surface area contributed by atoms with Gasteiger partial charge in [0, 0.05) is 22.7 Å². The topological polar surface area (TPSA) is 88.0 Å². The van der Waals surface area contributed by atoms with Gasteiger partial charge in [-0.3, -0.25) is 9.59 Å². The molecule has 3 rings (SSSR count). The zero-order valence-corrected chi connectivity index (χ0v) is 15.5. The first-order valence-corrected chi connectivity index (χ1v) is 8.97. The highest BCUT2D eigenvalue weighted by molar-refractivity contribution is 6.06. The minimum atomic E-state index is -1.39. The molecule has 1 aliphatic rings. The molecule has 0 aliphatic heterocycles. The van der Waals surface area contributed by atoms with E-state index in [1.54, 1.807) is 0 Å². The van der Waals surface area contributed by atoms with Crippen LogP contribution in [0.2, 0.25) is 0 Å². The fourth-order valence-corrected chi connectivity index (χ4v) is 4.02. The van der Waals surface area contributed by atoms with Crippen molar-refractivity contribution < 1.29 is 22.8 Å². The van der Waals surface area contributed by atoms with Gasteiger partial charge in [-0.15, -0.1) is 0 Å². The highest BCUT2D eigenvalue weighted by Crippen LogP contribution is 2.41. The van der Waals surface area contributed by atoms with Crippen LogP contribution >= 0.6 is 0 Å². The number of hydrogen-bond donors (Lipinski definition) is 3. The molecule has 1 fully saturated rings. The molecule has 2 amide bonds. The van der Waals surface area contributed by atoms with Gasteiger partial charge in [-0.1, -0.05) is 12.3 Å². The van der Waals surface area contributed by atoms with E-state index in [1.165, 1.54) is 13.8 Å². The fraction of sp³-hybridized carbons (Fsp3) is 0.400. The van der Waals surface area contributed by atoms with Crippen molar-refractivity contribution in [1.29, 1.82) is 0 Å². The number of halogens is 3. The van der Waals surface area contributed by atoms with Crippen LogP contribution in [-0.2, 0) is 4.79 Å². The van der Waals surface area contributed by atoms with E-state index in [-0.39, 0.29) is 28.2 Å². The van der Waals surface area contributed by atoms with Gasteiger partial charge in [-0.25, -0.2) is 13.2 Å². The number of benzene rings is 1. The van der Waals surface area contributed by atoms with Crippen LogP contribution in [0.15, 0.2) is 0 Å². The monoisotopic (exact) mass is 391 g/mol. The Morgan fingerprint density at radius 2 is 1.89 bits per heavy atom. The summed E-state index contributed by atoms with van der Waals surface area (Å²) in [5, 5.41) is 2.59. The second-order valence-corrected chi connectivity index (χ2v) is 7.00. The van der Waals surface area contributed by atoms with E-state index in [1.807, 2.05) is 0 Å². The van der Waals surface area contributed by atoms with Crippen LogP contribution in [-0.4, -0.2) is 22.8 Å². The molecule has 1 aromatic carbocycles. The number of aryl methyl sites for hydroxylation is 1. The van der Waals surface area contributed by atoms with Crippen molar-refractivity contribution in [2.24, 2.45) is 5.73 Å². The molecule has 0 radical (unpaired) electrons. The number of hydrogen-bond acceptors (Lipinski definition) is 2. The van der Waals surface area contributed by atoms with Crippen molar-refractivity contribution in [3.8, 4) is 11.8 Å². The Bertz CT molecular complexity index is 1030. The number of aromatic amines is 1. The summed E-state index contributed by atoms with van der Waals surface area (Å²) in [6, 6.07) is -0.288. The van der Waals surface area contributed by atoms with E-state index in [4.69, 9.17) is 5.73 Å². The van der Waals surface area contributed by atoms with E-state index in [9.17, 15) is 22.8 Å². The maximum Gasteiger partial charge on any atom is 0.296 e. The van der Waals surface area contributed by atoms with Gasteiger partial charge in [-0.05, 0) is 44.9 Å². The van der Waals surface area contributed by atoms with Gasteiger partial charge in [-0.2, -0.15) is 0 Å². The van der Waals surface area contributed by atoms with Crippen LogP contribution in [0.25, 0.3) is 10.9 Å². The first kappa shape index (κ1) is 19.8. The SMILES string of the molecule is CC#CC(=O)N[C@H]1CCC[C@H](c2c(F)c(F)c(C(N)=O)c3[nH]c(C)c(F)c23)C1. The zero-order valence-electron chi connectivity index (χ0n) is 15.5. The molecule has 8 heteroatoms. The predicted octanol–water partition coefficient (Wildman–Crippen LogP) is 3.16. The molecule has 1 aromatic heterocycles. The molecule has 0 unspecified atom stereocenters. The molecule has 1 aliphatic carbocycles. The molecule has 5 nitrogen and oxygen atoms in total. The molecule has 1 heterocycles. The van der Waals surface area contributed by atoms with Crippen LogP contribution in [0.5, 0.6) is 0 Å². The highest BCUT2D eigenvalue weighted by atomic mass is 19.2. The molecule has 0 bridgehead atoms. The maximum absolute atomic E-state index is 15.0. The summed E-state index contributed by atoms with van der Waals surface area (Å²) in [5.74, 6) is -0.683. The highest BCUT2D eigenvalue weighted by Gasteiger charge is 2.33. The maximum atomic E-state index is 15.0. The second kappa shape index (κ2) is 7.58. The van der Waals surface area contributed by atoms with E-state index in [2.05, 4.69) is 22.1 Å². The Morgan fingerprint density at radius 3 is 2.54 bits per heavy atom. The Hall–Kier alpha value is -2.95. The molecule has 2 atom stereocenters. The Kier molecular flexibility index (Phi) is 5.36. The van der Waals surface area contributed by atoms with Gasteiger partial charge in [0.2, 0.25) is 0 Å². The lowest BCUT2D eigenvalue weighted by atomic mass is 9.79. The van der Waals surface area contributed by atoms with E-state index < -0.39 is 40.7 Å². The number of primary amides is 1. The van der Waals surface area contributed by atoms with Gasteiger partial charge in [0.1, 0.15) is 5.56 Å². The third kappa shape index (κ3) is 3.33. The molecule has 148 valence electrons. The number of rotatable bonds is 3. The van der Waals surface area contributed by atoms with Crippen LogP contribution in [0.1, 0.15) is 60.1 Å². The molecule has 28 heavy (non-hydrogen) atoms. The summed E-state index contributed by atoms with van der Waals surface area (Å²) < 4.78 is 44.4. The van der Waals surface area contributed by atoms with Gasteiger partial charge in [0.05, 0.1) is 5.52 Å². The number of carbonyl (C=O) groups is 2. The lowest BCUT2D eigenvalue weighted by molar-refractivity contribution is -0.116. The largest absolute Gasteiger partial charge is 0.365 e. The number of fused-ring (bicyclic) bond motifs is 1. The minimum absolute atomic E-state index is 0.0580. The van der Waals surface area contributed by atoms with Crippen molar-refractivity contribution in [3.63, 3.8) is 0 Å². The molecule has 2 aromatic rings. The third-order valence-electron chi connectivity index (χ3n) is 5.18. The van der Waals surface area contributed by atoms with Gasteiger partial charge < -0.3 is 16.0 Å². The average molecular weight is 391 g/mol. The minimum Gasteiger partial charge on any atom is -0.365 e. The molecular weight excluding hydrogens is 371 g/mol. The van der Waals surface area contributed by atoms with Crippen molar-refractivity contribution in [1.82, 2.24) is 10.3 Å². The molecular formula is C20H20F3N3O2. The Balaban J connectivity index is 2.11. The smallest absolute Gasteiger partial charge is 0.296 e. The molecule has 0 spiro atoms. The fourth-order valence-electron chi connectivity index (χ4n) is 4.02. The third-order valence-corrected chi connectivity index (χ3v) is 5.18. The predicted molar refractivity (Wildman–Crippen MR) is 98.0 cm³/mol. The van der Waals surface area contributed by atoms with E-state index in [0.29, 0.717) is 25.7 Å². The molecule has 0 saturated heterocycles. The zero-order chi connectivity index (χ0) is 20.6. The number of nitrogens with one attached hydrogen (secondary N) is 2. The van der Waals surface area contributed by atoms with Gasteiger partial charge in [0.15, 0.2) is 17.5 Å². The quantitative estimate of drug-likeness (QED) is 0.702. The van der Waals surface area contributed by atoms with E-state index >= 15 is 0 Å². The lowest BCUT2D eigenvalue weighted by Gasteiger charge is -2.30. The summed E-state index contributed by atoms with van der Waals surface area (Å²) in [6.45, 7) is 2.95. The van der Waals surface area contributed by atoms with Gasteiger partial charge in [0.25, 0.3) is 11.8 Å². The summed E-state index contributed by atoms with van der Waals surface area (Å²) in [7, 11) is 0. The van der Waals surface area contributed by atoms with Crippen LogP contribution in [0, 0.1) is 36.2 Å². The summed E-state index contributed by atoms with van der Waals surface area (Å²) >= 11 is 0. The number of carbonyl (C=O) groups excluding carboxylic acids is 2. The number of amides is 2. The standard InChI is InChI=1S/C20H20F3N3O2/c1-3-5-12(27)26-11-7-4-6-10(8-11)13-14-16(21)9(2)25-19(14)15(20(24)28)18(23)17(13)22/h10-11,25H,4,6-8H2,1-2H3,(H2,24,28)(H,26,27)/t10-,11-/m0/s1. The summed E-state index contributed by atoms with van der Waals surface area (Å²) in [6.07, 6.45) is 2.11. The Morgan fingerprint density at radius 1 is 1.18 bits per heavy atom. The Labute approximate surface area is 159 Å². The van der Waals surface area contributed by atoms with Crippen molar-refractivity contribution in [2.75, 3.05) is 0 Å². The normalized spacial score (nSPS) is 19.2. The van der Waals surface area contributed by atoms with Crippen molar-refractivity contribution in [3.05, 3.63) is 34.3 Å². The number of aromatic nitrogens is 1. The average Bonchev–Trinajstić information content (AvgIpc) is 2.91. The van der Waals surface area contributed by atoms with Gasteiger partial charge >= 0.3 is 0 Å². The summed E-state index contributed by atoms with van der Waals surface area (Å²) in [4.78, 5) is 26.0. The summed E-state index contributed by atoms with van der Waals surface area (Å²) in [5.41, 5.74) is 4.30. The number of H-pyrrole nitrogens is 1.